The molecule has 114 valence electrons. The van der Waals surface area contributed by atoms with E-state index >= 15 is 0 Å². The average molecular weight is 306 g/mol. The van der Waals surface area contributed by atoms with Crippen molar-refractivity contribution in [3.05, 3.63) is 29.3 Å². The lowest BCUT2D eigenvalue weighted by atomic mass is 10.0. The summed E-state index contributed by atoms with van der Waals surface area (Å²) >= 11 is 5.00. The minimum atomic E-state index is 0.233. The van der Waals surface area contributed by atoms with E-state index in [9.17, 15) is 4.79 Å². The predicted octanol–water partition coefficient (Wildman–Crippen LogP) is 2.48. The number of methoxy groups -OCH3 is 1. The number of nitrogens with two attached hydrogens (primary N) is 1. The summed E-state index contributed by atoms with van der Waals surface area (Å²) in [4.78, 5) is 14.4. The summed E-state index contributed by atoms with van der Waals surface area (Å²) in [6.45, 7) is 3.63. The summed E-state index contributed by atoms with van der Waals surface area (Å²) in [6, 6.07) is 5.73. The molecule has 1 atom stereocenters. The SMILES string of the molecule is COc1cc(CN2CCC(C)CCC2=O)ccc1C(N)=S. The molecule has 1 aromatic carbocycles. The molecular formula is C16H22N2O2S. The molecule has 0 aliphatic carbocycles. The minimum absolute atomic E-state index is 0.233. The number of hydrogen-bond donors (Lipinski definition) is 1. The summed E-state index contributed by atoms with van der Waals surface area (Å²) in [5.74, 6) is 1.51. The number of nitrogens with zero attached hydrogens (tertiary/aromatic N) is 1. The van der Waals surface area contributed by atoms with Crippen molar-refractivity contribution in [2.45, 2.75) is 32.7 Å². The zero-order valence-electron chi connectivity index (χ0n) is 12.6. The molecule has 1 heterocycles. The lowest BCUT2D eigenvalue weighted by Crippen LogP contribution is -2.29. The van der Waals surface area contributed by atoms with Crippen molar-refractivity contribution < 1.29 is 9.53 Å². The van der Waals surface area contributed by atoms with Crippen LogP contribution in [0.1, 0.15) is 37.3 Å². The van der Waals surface area contributed by atoms with Crippen LogP contribution < -0.4 is 10.5 Å². The molecule has 4 nitrogen and oxygen atoms in total. The summed E-state index contributed by atoms with van der Waals surface area (Å²) in [5.41, 5.74) is 7.43. The van der Waals surface area contributed by atoms with Crippen LogP contribution in [0.25, 0.3) is 0 Å². The van der Waals surface area contributed by atoms with Gasteiger partial charge in [-0.1, -0.05) is 25.2 Å². The normalized spacial score (nSPS) is 19.2. The number of carbonyl (C=O) groups is 1. The number of likely N-dealkylation sites (tertiary alicyclic amines) is 1. The van der Waals surface area contributed by atoms with E-state index in [1.807, 2.05) is 23.1 Å². The molecule has 1 saturated heterocycles. The van der Waals surface area contributed by atoms with E-state index in [0.29, 0.717) is 29.6 Å². The number of rotatable bonds is 4. The van der Waals surface area contributed by atoms with Gasteiger partial charge in [0, 0.05) is 19.5 Å². The Morgan fingerprint density at radius 3 is 2.90 bits per heavy atom. The first-order valence-electron chi connectivity index (χ1n) is 7.25. The predicted molar refractivity (Wildman–Crippen MR) is 87.3 cm³/mol. The highest BCUT2D eigenvalue weighted by atomic mass is 32.1. The Morgan fingerprint density at radius 2 is 2.24 bits per heavy atom. The van der Waals surface area contributed by atoms with Gasteiger partial charge in [-0.15, -0.1) is 0 Å². The molecule has 1 amide bonds. The maximum Gasteiger partial charge on any atom is 0.222 e. The van der Waals surface area contributed by atoms with Crippen LogP contribution in [0.2, 0.25) is 0 Å². The molecule has 0 aromatic heterocycles. The number of thiocarbonyl (C=S) groups is 1. The van der Waals surface area contributed by atoms with E-state index in [2.05, 4.69) is 6.92 Å². The average Bonchev–Trinajstić information content (AvgIpc) is 2.62. The molecule has 1 aliphatic rings. The van der Waals surface area contributed by atoms with Crippen LogP contribution in [-0.4, -0.2) is 29.5 Å². The molecule has 1 aromatic rings. The molecule has 2 rings (SSSR count). The highest BCUT2D eigenvalue weighted by Gasteiger charge is 2.20. The Hall–Kier alpha value is -1.62. The summed E-state index contributed by atoms with van der Waals surface area (Å²) < 4.78 is 5.33. The molecule has 1 aliphatic heterocycles. The maximum absolute atomic E-state index is 12.1. The first kappa shape index (κ1) is 15.8. The van der Waals surface area contributed by atoms with Gasteiger partial charge in [-0.25, -0.2) is 0 Å². The zero-order valence-corrected chi connectivity index (χ0v) is 13.4. The van der Waals surface area contributed by atoms with Gasteiger partial charge in [-0.3, -0.25) is 4.79 Å². The van der Waals surface area contributed by atoms with Crippen LogP contribution in [-0.2, 0) is 11.3 Å². The van der Waals surface area contributed by atoms with Crippen molar-refractivity contribution in [2.75, 3.05) is 13.7 Å². The zero-order chi connectivity index (χ0) is 15.4. The first-order valence-corrected chi connectivity index (χ1v) is 7.66. The quantitative estimate of drug-likeness (QED) is 0.868. The molecule has 0 spiro atoms. The third-order valence-electron chi connectivity index (χ3n) is 4.00. The monoisotopic (exact) mass is 306 g/mol. The Morgan fingerprint density at radius 1 is 1.48 bits per heavy atom. The van der Waals surface area contributed by atoms with E-state index in [-0.39, 0.29) is 5.91 Å². The molecule has 0 radical (unpaired) electrons. The largest absolute Gasteiger partial charge is 0.496 e. The Kier molecular flexibility index (Phi) is 5.17. The molecule has 0 saturated carbocycles. The molecular weight excluding hydrogens is 284 g/mol. The minimum Gasteiger partial charge on any atom is -0.496 e. The van der Waals surface area contributed by atoms with E-state index in [1.165, 1.54) is 0 Å². The van der Waals surface area contributed by atoms with Crippen molar-refractivity contribution in [2.24, 2.45) is 11.7 Å². The number of benzene rings is 1. The lowest BCUT2D eigenvalue weighted by Gasteiger charge is -2.21. The Labute approximate surface area is 131 Å². The van der Waals surface area contributed by atoms with Crippen LogP contribution in [0.5, 0.6) is 5.75 Å². The van der Waals surface area contributed by atoms with E-state index in [1.54, 1.807) is 7.11 Å². The third-order valence-corrected chi connectivity index (χ3v) is 4.22. The van der Waals surface area contributed by atoms with Crippen molar-refractivity contribution in [1.29, 1.82) is 0 Å². The lowest BCUT2D eigenvalue weighted by molar-refractivity contribution is -0.131. The van der Waals surface area contributed by atoms with Crippen LogP contribution >= 0.6 is 12.2 Å². The van der Waals surface area contributed by atoms with Gasteiger partial charge in [0.2, 0.25) is 5.91 Å². The van der Waals surface area contributed by atoms with Crippen LogP contribution in [0.3, 0.4) is 0 Å². The van der Waals surface area contributed by atoms with E-state index < -0.39 is 0 Å². The fraction of sp³-hybridized carbons (Fsp3) is 0.500. The fourth-order valence-corrected chi connectivity index (χ4v) is 2.77. The van der Waals surface area contributed by atoms with Gasteiger partial charge >= 0.3 is 0 Å². The highest BCUT2D eigenvalue weighted by Crippen LogP contribution is 2.23. The van der Waals surface area contributed by atoms with Crippen LogP contribution in [0, 0.1) is 5.92 Å². The van der Waals surface area contributed by atoms with Crippen molar-refractivity contribution in [1.82, 2.24) is 4.90 Å². The summed E-state index contributed by atoms with van der Waals surface area (Å²) in [7, 11) is 1.60. The topological polar surface area (TPSA) is 55.6 Å². The molecule has 2 N–H and O–H groups in total. The van der Waals surface area contributed by atoms with Gasteiger partial charge in [0.05, 0.1) is 12.7 Å². The van der Waals surface area contributed by atoms with Crippen molar-refractivity contribution in [3.63, 3.8) is 0 Å². The van der Waals surface area contributed by atoms with Gasteiger partial charge in [0.1, 0.15) is 10.7 Å². The summed E-state index contributed by atoms with van der Waals surface area (Å²) in [5, 5.41) is 0. The van der Waals surface area contributed by atoms with E-state index in [0.717, 1.165) is 30.5 Å². The Balaban J connectivity index is 2.15. The standard InChI is InChI=1S/C16H22N2O2S/c1-11-3-6-15(19)18(8-7-11)10-12-4-5-13(16(17)21)14(9-12)20-2/h4-5,9,11H,3,6-8,10H2,1-2H3,(H2,17,21). The van der Waals surface area contributed by atoms with Crippen molar-refractivity contribution in [3.8, 4) is 5.75 Å². The van der Waals surface area contributed by atoms with Crippen molar-refractivity contribution >= 4 is 23.1 Å². The van der Waals surface area contributed by atoms with Gasteiger partial charge in [-0.05, 0) is 36.5 Å². The van der Waals surface area contributed by atoms with E-state index in [4.69, 9.17) is 22.7 Å². The molecule has 21 heavy (non-hydrogen) atoms. The second-order valence-corrected chi connectivity index (χ2v) is 6.09. The van der Waals surface area contributed by atoms with Crippen LogP contribution in [0.4, 0.5) is 0 Å². The van der Waals surface area contributed by atoms with Gasteiger partial charge in [0.15, 0.2) is 0 Å². The second-order valence-electron chi connectivity index (χ2n) is 5.65. The number of carbonyl (C=O) groups excluding carboxylic acids is 1. The molecule has 1 fully saturated rings. The van der Waals surface area contributed by atoms with Crippen LogP contribution in [0.15, 0.2) is 18.2 Å². The molecule has 1 unspecified atom stereocenters. The number of ether oxygens (including phenoxy) is 1. The smallest absolute Gasteiger partial charge is 0.222 e. The number of hydrogen-bond acceptors (Lipinski definition) is 3. The highest BCUT2D eigenvalue weighted by molar-refractivity contribution is 7.80. The molecule has 0 bridgehead atoms. The first-order chi connectivity index (χ1) is 10.0. The third kappa shape index (κ3) is 3.94. The summed E-state index contributed by atoms with van der Waals surface area (Å²) in [6.07, 6.45) is 2.69. The number of amides is 1. The maximum atomic E-state index is 12.1. The molecule has 5 heteroatoms. The van der Waals surface area contributed by atoms with Gasteiger partial charge in [0.25, 0.3) is 0 Å². The van der Waals surface area contributed by atoms with Gasteiger partial charge in [-0.2, -0.15) is 0 Å². The Bertz CT molecular complexity index is 545. The van der Waals surface area contributed by atoms with Gasteiger partial charge < -0.3 is 15.4 Å². The second kappa shape index (κ2) is 6.89. The fourth-order valence-electron chi connectivity index (χ4n) is 2.60.